The lowest BCUT2D eigenvalue weighted by Gasteiger charge is -2.18. The summed E-state index contributed by atoms with van der Waals surface area (Å²) >= 11 is 0. The van der Waals surface area contributed by atoms with Crippen molar-refractivity contribution >= 4 is 17.5 Å². The van der Waals surface area contributed by atoms with Crippen molar-refractivity contribution in [3.05, 3.63) is 95.6 Å². The molecule has 3 aromatic carbocycles. The highest BCUT2D eigenvalue weighted by Gasteiger charge is 2.14. The minimum absolute atomic E-state index is 0.107. The summed E-state index contributed by atoms with van der Waals surface area (Å²) in [6.07, 6.45) is 0.899. The third-order valence-corrected chi connectivity index (χ3v) is 4.55. The van der Waals surface area contributed by atoms with Crippen LogP contribution in [0, 0.1) is 0 Å². The van der Waals surface area contributed by atoms with E-state index in [1.54, 1.807) is 54.4 Å². The normalized spacial score (nSPS) is 10.3. The van der Waals surface area contributed by atoms with Gasteiger partial charge in [-0.15, -0.1) is 0 Å². The highest BCUT2D eigenvalue weighted by Crippen LogP contribution is 2.18. The summed E-state index contributed by atoms with van der Waals surface area (Å²) in [7, 11) is 1.77. The Morgan fingerprint density at radius 3 is 2.40 bits per heavy atom. The average Bonchev–Trinajstić information content (AvgIpc) is 2.78. The van der Waals surface area contributed by atoms with Crippen LogP contribution in [0.1, 0.15) is 39.6 Å². The molecule has 3 aromatic rings. The number of nitrogens with one attached hydrogen (secondary N) is 1. The summed E-state index contributed by atoms with van der Waals surface area (Å²) in [5, 5.41) is 2.86. The molecule has 30 heavy (non-hydrogen) atoms. The van der Waals surface area contributed by atoms with Gasteiger partial charge in [-0.1, -0.05) is 49.4 Å². The molecular weight excluding hydrogens is 376 g/mol. The lowest BCUT2D eigenvalue weighted by atomic mass is 10.1. The van der Waals surface area contributed by atoms with Gasteiger partial charge in [-0.2, -0.15) is 0 Å². The molecule has 5 nitrogen and oxygen atoms in total. The predicted octanol–water partition coefficient (Wildman–Crippen LogP) is 5.00. The Morgan fingerprint density at radius 2 is 1.63 bits per heavy atom. The number of carbonyl (C=O) groups excluding carboxylic acids is 2. The van der Waals surface area contributed by atoms with Gasteiger partial charge in [-0.3, -0.25) is 9.59 Å². The maximum absolute atomic E-state index is 12.8. The Labute approximate surface area is 177 Å². The van der Waals surface area contributed by atoms with Crippen molar-refractivity contribution in [1.29, 1.82) is 0 Å². The summed E-state index contributed by atoms with van der Waals surface area (Å²) in [4.78, 5) is 27.1. The molecule has 0 heterocycles. The molecule has 3 rings (SSSR count). The van der Waals surface area contributed by atoms with Gasteiger partial charge in [0.05, 0.1) is 6.61 Å². The van der Waals surface area contributed by atoms with Crippen LogP contribution in [-0.4, -0.2) is 30.4 Å². The van der Waals surface area contributed by atoms with E-state index in [2.05, 4.69) is 5.32 Å². The van der Waals surface area contributed by atoms with E-state index in [-0.39, 0.29) is 11.8 Å². The number of nitrogens with zero attached hydrogens (tertiary/aromatic N) is 1. The van der Waals surface area contributed by atoms with E-state index in [0.29, 0.717) is 35.7 Å². The molecule has 154 valence electrons. The zero-order valence-corrected chi connectivity index (χ0v) is 17.3. The molecule has 0 radical (unpaired) electrons. The van der Waals surface area contributed by atoms with E-state index in [9.17, 15) is 9.59 Å². The van der Waals surface area contributed by atoms with E-state index in [0.717, 1.165) is 12.0 Å². The number of hydrogen-bond donors (Lipinski definition) is 1. The predicted molar refractivity (Wildman–Crippen MR) is 119 cm³/mol. The fourth-order valence-electron chi connectivity index (χ4n) is 3.03. The smallest absolute Gasteiger partial charge is 0.255 e. The van der Waals surface area contributed by atoms with Gasteiger partial charge in [0.25, 0.3) is 11.8 Å². The first-order valence-corrected chi connectivity index (χ1v) is 10.0. The monoisotopic (exact) mass is 402 g/mol. The first-order valence-electron chi connectivity index (χ1n) is 10.0. The summed E-state index contributed by atoms with van der Waals surface area (Å²) in [5.41, 5.74) is 2.65. The van der Waals surface area contributed by atoms with Crippen LogP contribution in [0.2, 0.25) is 0 Å². The van der Waals surface area contributed by atoms with E-state index in [1.165, 1.54) is 0 Å². The fourth-order valence-corrected chi connectivity index (χ4v) is 3.03. The topological polar surface area (TPSA) is 58.6 Å². The van der Waals surface area contributed by atoms with Crippen LogP contribution in [0.5, 0.6) is 5.75 Å². The minimum Gasteiger partial charge on any atom is -0.494 e. The van der Waals surface area contributed by atoms with Crippen LogP contribution >= 0.6 is 0 Å². The second-order valence-electron chi connectivity index (χ2n) is 7.06. The third-order valence-electron chi connectivity index (χ3n) is 4.55. The van der Waals surface area contributed by atoms with Crippen molar-refractivity contribution in [3.8, 4) is 5.75 Å². The second-order valence-corrected chi connectivity index (χ2v) is 7.06. The summed E-state index contributed by atoms with van der Waals surface area (Å²) in [6.45, 7) is 3.15. The number of anilines is 1. The molecule has 0 fully saturated rings. The Bertz CT molecular complexity index is 1000. The summed E-state index contributed by atoms with van der Waals surface area (Å²) in [5.74, 6) is 0.306. The first kappa shape index (κ1) is 21.1. The molecule has 2 amide bonds. The standard InChI is InChI=1S/C25H26N2O3/c1-3-15-30-23-14-8-11-20(17-23)24(28)26-22-13-7-12-21(16-22)25(29)27(2)18-19-9-5-4-6-10-19/h4-14,16-17H,3,15,18H2,1-2H3,(H,26,28). The Hall–Kier alpha value is -3.60. The van der Waals surface area contributed by atoms with Gasteiger partial charge in [0, 0.05) is 30.4 Å². The van der Waals surface area contributed by atoms with Gasteiger partial charge >= 0.3 is 0 Å². The van der Waals surface area contributed by atoms with Crippen molar-refractivity contribution in [2.45, 2.75) is 19.9 Å². The lowest BCUT2D eigenvalue weighted by molar-refractivity contribution is 0.0784. The van der Waals surface area contributed by atoms with E-state index in [1.807, 2.05) is 43.3 Å². The number of ether oxygens (including phenoxy) is 1. The Balaban J connectivity index is 1.67. The number of hydrogen-bond acceptors (Lipinski definition) is 3. The van der Waals surface area contributed by atoms with Crippen molar-refractivity contribution in [2.24, 2.45) is 0 Å². The van der Waals surface area contributed by atoms with Crippen LogP contribution in [0.4, 0.5) is 5.69 Å². The zero-order chi connectivity index (χ0) is 21.3. The molecule has 0 spiro atoms. The number of rotatable bonds is 8. The van der Waals surface area contributed by atoms with Gasteiger partial charge in [-0.05, 0) is 48.4 Å². The average molecular weight is 402 g/mol. The Kier molecular flexibility index (Phi) is 7.22. The summed E-state index contributed by atoms with van der Waals surface area (Å²) in [6, 6.07) is 23.9. The molecule has 0 aliphatic rings. The number of carbonyl (C=O) groups is 2. The third kappa shape index (κ3) is 5.70. The molecule has 0 saturated carbocycles. The highest BCUT2D eigenvalue weighted by molar-refractivity contribution is 6.05. The van der Waals surface area contributed by atoms with Crippen molar-refractivity contribution in [2.75, 3.05) is 19.0 Å². The van der Waals surface area contributed by atoms with E-state index >= 15 is 0 Å². The van der Waals surface area contributed by atoms with Crippen LogP contribution in [-0.2, 0) is 6.54 Å². The van der Waals surface area contributed by atoms with E-state index in [4.69, 9.17) is 4.74 Å². The molecule has 1 N–H and O–H groups in total. The quantitative estimate of drug-likeness (QED) is 0.577. The van der Waals surface area contributed by atoms with Crippen LogP contribution < -0.4 is 10.1 Å². The lowest BCUT2D eigenvalue weighted by Crippen LogP contribution is -2.26. The first-order chi connectivity index (χ1) is 14.6. The molecular formula is C25H26N2O3. The van der Waals surface area contributed by atoms with Crippen molar-refractivity contribution in [3.63, 3.8) is 0 Å². The summed E-state index contributed by atoms with van der Waals surface area (Å²) < 4.78 is 5.59. The molecule has 0 bridgehead atoms. The minimum atomic E-state index is -0.251. The molecule has 0 aromatic heterocycles. The van der Waals surface area contributed by atoms with Crippen molar-refractivity contribution in [1.82, 2.24) is 4.90 Å². The molecule has 0 unspecified atom stereocenters. The molecule has 0 aliphatic carbocycles. The van der Waals surface area contributed by atoms with Gasteiger partial charge < -0.3 is 15.0 Å². The van der Waals surface area contributed by atoms with Crippen LogP contribution in [0.25, 0.3) is 0 Å². The van der Waals surface area contributed by atoms with E-state index < -0.39 is 0 Å². The second kappa shape index (κ2) is 10.3. The molecule has 0 atom stereocenters. The van der Waals surface area contributed by atoms with Crippen LogP contribution in [0.15, 0.2) is 78.9 Å². The SMILES string of the molecule is CCCOc1cccc(C(=O)Nc2cccc(C(=O)N(C)Cc3ccccc3)c2)c1. The molecule has 0 saturated heterocycles. The maximum atomic E-state index is 12.8. The Morgan fingerprint density at radius 1 is 0.900 bits per heavy atom. The van der Waals surface area contributed by atoms with Crippen LogP contribution in [0.3, 0.4) is 0 Å². The van der Waals surface area contributed by atoms with Gasteiger partial charge in [-0.25, -0.2) is 0 Å². The zero-order valence-electron chi connectivity index (χ0n) is 17.3. The fraction of sp³-hybridized carbons (Fsp3) is 0.200. The number of benzene rings is 3. The molecule has 5 heteroatoms. The number of amides is 2. The highest BCUT2D eigenvalue weighted by atomic mass is 16.5. The maximum Gasteiger partial charge on any atom is 0.255 e. The van der Waals surface area contributed by atoms with Gasteiger partial charge in [0.15, 0.2) is 0 Å². The largest absolute Gasteiger partial charge is 0.494 e. The van der Waals surface area contributed by atoms with Crippen molar-refractivity contribution < 1.29 is 14.3 Å². The molecule has 0 aliphatic heterocycles. The van der Waals surface area contributed by atoms with Gasteiger partial charge in [0.1, 0.15) is 5.75 Å². The van der Waals surface area contributed by atoms with Gasteiger partial charge in [0.2, 0.25) is 0 Å².